The molecule has 0 aliphatic rings. The number of hydrogen-bond donors (Lipinski definition) is 0. The molecule has 0 aromatic rings. The highest BCUT2D eigenvalue weighted by Gasteiger charge is 2.19. The van der Waals surface area contributed by atoms with Crippen LogP contribution in [0.4, 0.5) is 0 Å². The van der Waals surface area contributed by atoms with Gasteiger partial charge in [-0.25, -0.2) is 0 Å². The topological polar surface area (TPSA) is 18.5 Å². The van der Waals surface area contributed by atoms with Crippen molar-refractivity contribution < 1.29 is 9.16 Å². The van der Waals surface area contributed by atoms with Crippen molar-refractivity contribution in [3.8, 4) is 0 Å². The Morgan fingerprint density at radius 1 is 1.23 bits per heavy atom. The lowest BCUT2D eigenvalue weighted by Crippen LogP contribution is -2.25. The maximum absolute atomic E-state index is 5.80. The molecule has 0 aromatic heterocycles. The normalized spacial score (nSPS) is 13.7. The van der Waals surface area contributed by atoms with E-state index in [9.17, 15) is 0 Å². The van der Waals surface area contributed by atoms with E-state index in [2.05, 4.69) is 33.5 Å². The van der Waals surface area contributed by atoms with E-state index in [1.165, 1.54) is 5.57 Å². The average Bonchev–Trinajstić information content (AvgIpc) is 1.99. The second kappa shape index (κ2) is 5.32. The number of ether oxygens (including phenoxy) is 1. The predicted molar refractivity (Wildman–Crippen MR) is 59.0 cm³/mol. The first-order chi connectivity index (χ1) is 5.90. The molecule has 0 saturated heterocycles. The van der Waals surface area contributed by atoms with E-state index < -0.39 is 8.32 Å². The van der Waals surface area contributed by atoms with Crippen molar-refractivity contribution >= 4 is 8.32 Å². The van der Waals surface area contributed by atoms with E-state index in [4.69, 9.17) is 9.16 Å². The first kappa shape index (κ1) is 12.6. The van der Waals surface area contributed by atoms with Gasteiger partial charge < -0.3 is 9.16 Å². The molecule has 0 atom stereocenters. The lowest BCUT2D eigenvalue weighted by molar-refractivity contribution is 0.141. The van der Waals surface area contributed by atoms with Crippen molar-refractivity contribution in [3.63, 3.8) is 0 Å². The minimum atomic E-state index is -1.52. The van der Waals surface area contributed by atoms with Gasteiger partial charge in [0.2, 0.25) is 8.32 Å². The molecular weight excluding hydrogens is 180 g/mol. The molecule has 0 aliphatic heterocycles. The summed E-state index contributed by atoms with van der Waals surface area (Å²) in [7, 11) is 0.159. The minimum Gasteiger partial charge on any atom is -0.520 e. The molecule has 0 rings (SSSR count). The van der Waals surface area contributed by atoms with Crippen LogP contribution < -0.4 is 0 Å². The summed E-state index contributed by atoms with van der Waals surface area (Å²) in [4.78, 5) is 0. The number of hydrogen-bond acceptors (Lipinski definition) is 2. The van der Waals surface area contributed by atoms with E-state index in [-0.39, 0.29) is 0 Å². The lowest BCUT2D eigenvalue weighted by atomic mass is 10.2. The van der Waals surface area contributed by atoms with E-state index >= 15 is 0 Å². The Morgan fingerprint density at radius 3 is 2.08 bits per heavy atom. The van der Waals surface area contributed by atoms with Crippen LogP contribution in [0.15, 0.2) is 11.5 Å². The van der Waals surface area contributed by atoms with Gasteiger partial charge in [-0.05, 0) is 33.0 Å². The van der Waals surface area contributed by atoms with Crippen LogP contribution >= 0.6 is 0 Å². The minimum absolute atomic E-state index is 0.737. The smallest absolute Gasteiger partial charge is 0.263 e. The fraction of sp³-hybridized carbons (Fsp3) is 0.800. The van der Waals surface area contributed by atoms with Gasteiger partial charge in [-0.3, -0.25) is 0 Å². The standard InChI is InChI=1S/C10H22O2Si/c1-7-8-9(2)10(11-3)12-13(4,5)6/h7-8H2,1-6H3/b10-9-. The highest BCUT2D eigenvalue weighted by Crippen LogP contribution is 2.17. The maximum Gasteiger partial charge on any atom is 0.263 e. The molecule has 0 aromatic carbocycles. The van der Waals surface area contributed by atoms with Crippen LogP contribution in [-0.2, 0) is 9.16 Å². The molecule has 2 nitrogen and oxygen atoms in total. The highest BCUT2D eigenvalue weighted by molar-refractivity contribution is 6.70. The zero-order chi connectivity index (χ0) is 10.5. The summed E-state index contributed by atoms with van der Waals surface area (Å²) in [5.74, 6) is 0.737. The summed E-state index contributed by atoms with van der Waals surface area (Å²) in [6.07, 6.45) is 2.18. The molecule has 0 spiro atoms. The van der Waals surface area contributed by atoms with Gasteiger partial charge in [0.1, 0.15) is 0 Å². The Morgan fingerprint density at radius 2 is 1.77 bits per heavy atom. The van der Waals surface area contributed by atoms with Gasteiger partial charge in [0, 0.05) is 5.57 Å². The zero-order valence-electron chi connectivity index (χ0n) is 9.73. The molecule has 0 radical (unpaired) electrons. The van der Waals surface area contributed by atoms with Gasteiger partial charge in [0.15, 0.2) is 0 Å². The fourth-order valence-electron chi connectivity index (χ4n) is 1.06. The maximum atomic E-state index is 5.80. The van der Waals surface area contributed by atoms with E-state index in [1.54, 1.807) is 7.11 Å². The monoisotopic (exact) mass is 202 g/mol. The second-order valence-electron chi connectivity index (χ2n) is 4.24. The Labute approximate surface area is 83.1 Å². The SMILES string of the molecule is CCC/C(C)=C(/OC)O[Si](C)(C)C. The third-order valence-electron chi connectivity index (χ3n) is 1.56. The van der Waals surface area contributed by atoms with Crippen LogP contribution in [0.2, 0.25) is 19.6 Å². The van der Waals surface area contributed by atoms with Gasteiger partial charge in [0.05, 0.1) is 7.11 Å². The van der Waals surface area contributed by atoms with Crippen LogP contribution in [0.25, 0.3) is 0 Å². The van der Waals surface area contributed by atoms with E-state index in [0.717, 1.165) is 18.8 Å². The molecule has 3 heteroatoms. The van der Waals surface area contributed by atoms with Crippen molar-refractivity contribution in [1.29, 1.82) is 0 Å². The summed E-state index contributed by atoms with van der Waals surface area (Å²) in [6.45, 7) is 10.7. The van der Waals surface area contributed by atoms with E-state index in [0.29, 0.717) is 0 Å². The molecule has 0 aliphatic carbocycles. The first-order valence-electron chi connectivity index (χ1n) is 4.83. The average molecular weight is 202 g/mol. The fourth-order valence-corrected chi connectivity index (χ4v) is 1.87. The van der Waals surface area contributed by atoms with Crippen molar-refractivity contribution in [1.82, 2.24) is 0 Å². The third kappa shape index (κ3) is 5.74. The molecule has 0 saturated carbocycles. The van der Waals surface area contributed by atoms with Gasteiger partial charge in [-0.15, -0.1) is 0 Å². The Bertz CT molecular complexity index is 180. The molecule has 0 amide bonds. The van der Waals surface area contributed by atoms with Crippen molar-refractivity contribution in [2.45, 2.75) is 46.3 Å². The molecule has 0 fully saturated rings. The molecular formula is C10H22O2Si. The third-order valence-corrected chi connectivity index (χ3v) is 2.36. The molecule has 0 heterocycles. The summed E-state index contributed by atoms with van der Waals surface area (Å²) < 4.78 is 11.0. The number of allylic oxidation sites excluding steroid dienone is 1. The van der Waals surface area contributed by atoms with Crippen molar-refractivity contribution in [3.05, 3.63) is 11.5 Å². The lowest BCUT2D eigenvalue weighted by Gasteiger charge is -2.22. The summed E-state index contributed by atoms with van der Waals surface area (Å²) in [6, 6.07) is 0. The first-order valence-corrected chi connectivity index (χ1v) is 8.24. The van der Waals surface area contributed by atoms with Gasteiger partial charge in [-0.1, -0.05) is 13.3 Å². The zero-order valence-corrected chi connectivity index (χ0v) is 10.7. The summed E-state index contributed by atoms with van der Waals surface area (Å²) in [5, 5.41) is 0. The molecule has 13 heavy (non-hydrogen) atoms. The van der Waals surface area contributed by atoms with Crippen LogP contribution in [0.5, 0.6) is 0 Å². The molecule has 78 valence electrons. The molecule has 0 bridgehead atoms. The Balaban J connectivity index is 4.40. The Kier molecular flexibility index (Phi) is 5.14. The highest BCUT2D eigenvalue weighted by atomic mass is 28.4. The van der Waals surface area contributed by atoms with Crippen molar-refractivity contribution in [2.75, 3.05) is 7.11 Å². The Hall–Kier alpha value is -0.443. The van der Waals surface area contributed by atoms with Gasteiger partial charge in [-0.2, -0.15) is 0 Å². The second-order valence-corrected chi connectivity index (χ2v) is 8.67. The van der Waals surface area contributed by atoms with Crippen molar-refractivity contribution in [2.24, 2.45) is 0 Å². The van der Waals surface area contributed by atoms with Crippen LogP contribution in [0.1, 0.15) is 26.7 Å². The quantitative estimate of drug-likeness (QED) is 0.501. The van der Waals surface area contributed by atoms with Crippen LogP contribution in [0, 0.1) is 0 Å². The number of rotatable bonds is 5. The van der Waals surface area contributed by atoms with Crippen LogP contribution in [0.3, 0.4) is 0 Å². The van der Waals surface area contributed by atoms with E-state index in [1.807, 2.05) is 0 Å². The van der Waals surface area contributed by atoms with Crippen LogP contribution in [-0.4, -0.2) is 15.4 Å². The largest absolute Gasteiger partial charge is 0.520 e. The van der Waals surface area contributed by atoms with Gasteiger partial charge >= 0.3 is 0 Å². The predicted octanol–water partition coefficient (Wildman–Crippen LogP) is 3.52. The molecule has 0 N–H and O–H groups in total. The van der Waals surface area contributed by atoms with Gasteiger partial charge in [0.25, 0.3) is 5.95 Å². The summed E-state index contributed by atoms with van der Waals surface area (Å²) >= 11 is 0. The molecule has 0 unspecified atom stereocenters. The number of methoxy groups -OCH3 is 1. The summed E-state index contributed by atoms with van der Waals surface area (Å²) in [5.41, 5.74) is 1.22.